The molecule has 2 aromatic heterocycles. The van der Waals surface area contributed by atoms with Gasteiger partial charge in [-0.1, -0.05) is 23.2 Å². The fraction of sp³-hybridized carbons (Fsp3) is 0.235. The number of fused-ring (bicyclic) bond motifs is 1. The van der Waals surface area contributed by atoms with Gasteiger partial charge in [-0.2, -0.15) is 4.98 Å². The van der Waals surface area contributed by atoms with Crippen LogP contribution in [-0.4, -0.2) is 22.5 Å². The van der Waals surface area contributed by atoms with Gasteiger partial charge in [0.1, 0.15) is 23.0 Å². The fourth-order valence-electron chi connectivity index (χ4n) is 2.43. The number of nitrogen functional groups attached to an aromatic ring is 1. The summed E-state index contributed by atoms with van der Waals surface area (Å²) in [5.41, 5.74) is 6.57. The number of anilines is 1. The number of hydrogen-bond acceptors (Lipinski definition) is 7. The minimum atomic E-state index is -0.508. The van der Waals surface area contributed by atoms with Crippen molar-refractivity contribution in [3.05, 3.63) is 45.4 Å². The molecule has 0 spiro atoms. The lowest BCUT2D eigenvalue weighted by Crippen LogP contribution is -2.07. The number of rotatable bonds is 5. The normalized spacial score (nSPS) is 11.1. The van der Waals surface area contributed by atoms with Crippen LogP contribution in [0, 0.1) is 6.92 Å². The van der Waals surface area contributed by atoms with Gasteiger partial charge in [0.15, 0.2) is 0 Å². The van der Waals surface area contributed by atoms with E-state index in [1.54, 1.807) is 32.0 Å². The molecule has 2 heterocycles. The molecule has 0 aliphatic rings. The van der Waals surface area contributed by atoms with Crippen LogP contribution in [0.4, 0.5) is 5.82 Å². The standard InChI is InChI=1S/C17H15Cl2N3O3S/c1-3-24-17(23)13-8(2)25-16-14(13)15(20)21-12(22-16)7-26-11-6-9(18)4-5-10(11)19/h4-6H,3,7H2,1-2H3,(H2,20,21,22). The zero-order valence-electron chi connectivity index (χ0n) is 14.0. The van der Waals surface area contributed by atoms with Gasteiger partial charge in [-0.15, -0.1) is 11.8 Å². The van der Waals surface area contributed by atoms with E-state index in [1.807, 2.05) is 0 Å². The quantitative estimate of drug-likeness (QED) is 0.471. The van der Waals surface area contributed by atoms with Crippen molar-refractivity contribution in [2.75, 3.05) is 12.3 Å². The van der Waals surface area contributed by atoms with Crippen LogP contribution < -0.4 is 5.73 Å². The number of halogens is 2. The molecule has 6 nitrogen and oxygen atoms in total. The predicted molar refractivity (Wildman–Crippen MR) is 103 cm³/mol. The third-order valence-corrected chi connectivity index (χ3v) is 5.26. The Bertz CT molecular complexity index is 991. The summed E-state index contributed by atoms with van der Waals surface area (Å²) in [6.07, 6.45) is 0. The van der Waals surface area contributed by atoms with E-state index >= 15 is 0 Å². The van der Waals surface area contributed by atoms with Crippen LogP contribution >= 0.6 is 35.0 Å². The lowest BCUT2D eigenvalue weighted by Gasteiger charge is -2.05. The van der Waals surface area contributed by atoms with Crippen LogP contribution in [-0.2, 0) is 10.5 Å². The van der Waals surface area contributed by atoms with Gasteiger partial charge in [0.05, 0.1) is 22.8 Å². The van der Waals surface area contributed by atoms with E-state index in [4.69, 9.17) is 38.1 Å². The summed E-state index contributed by atoms with van der Waals surface area (Å²) in [5.74, 6) is 0.922. The molecule has 9 heteroatoms. The largest absolute Gasteiger partial charge is 0.462 e. The fourth-order valence-corrected chi connectivity index (χ4v) is 3.78. The number of thioether (sulfide) groups is 1. The Morgan fingerprint density at radius 3 is 2.85 bits per heavy atom. The minimum Gasteiger partial charge on any atom is -0.462 e. The minimum absolute atomic E-state index is 0.169. The Hall–Kier alpha value is -1.96. The van der Waals surface area contributed by atoms with Crippen LogP contribution in [0.3, 0.4) is 0 Å². The number of hydrogen-bond donors (Lipinski definition) is 1. The second-order valence-electron chi connectivity index (χ2n) is 5.32. The lowest BCUT2D eigenvalue weighted by atomic mass is 10.2. The van der Waals surface area contributed by atoms with Crippen molar-refractivity contribution in [3.8, 4) is 0 Å². The molecular formula is C17H15Cl2N3O3S. The Morgan fingerprint density at radius 1 is 1.35 bits per heavy atom. The molecule has 0 bridgehead atoms. The van der Waals surface area contributed by atoms with E-state index in [0.29, 0.717) is 32.8 Å². The molecule has 3 aromatic rings. The first-order valence-corrected chi connectivity index (χ1v) is 9.45. The van der Waals surface area contributed by atoms with Crippen molar-refractivity contribution < 1.29 is 13.9 Å². The second-order valence-corrected chi connectivity index (χ2v) is 7.18. The third-order valence-electron chi connectivity index (χ3n) is 3.53. The molecule has 2 N–H and O–H groups in total. The Kier molecular flexibility index (Phi) is 5.60. The first-order valence-electron chi connectivity index (χ1n) is 7.71. The maximum Gasteiger partial charge on any atom is 0.342 e. The number of carbonyl (C=O) groups is 1. The van der Waals surface area contributed by atoms with Crippen LogP contribution in [0.25, 0.3) is 11.1 Å². The highest BCUT2D eigenvalue weighted by atomic mass is 35.5. The third kappa shape index (κ3) is 3.75. The summed E-state index contributed by atoms with van der Waals surface area (Å²) < 4.78 is 10.6. The number of nitrogens with two attached hydrogens (primary N) is 1. The van der Waals surface area contributed by atoms with Crippen LogP contribution in [0.15, 0.2) is 27.5 Å². The average Bonchev–Trinajstić information content (AvgIpc) is 2.92. The van der Waals surface area contributed by atoms with Crippen molar-refractivity contribution in [2.45, 2.75) is 24.5 Å². The number of furan rings is 1. The SMILES string of the molecule is CCOC(=O)c1c(C)oc2nc(CSc3cc(Cl)ccc3Cl)nc(N)c12. The van der Waals surface area contributed by atoms with Gasteiger partial charge in [-0.05, 0) is 32.0 Å². The van der Waals surface area contributed by atoms with Crippen molar-refractivity contribution >= 4 is 57.9 Å². The average molecular weight is 412 g/mol. The highest BCUT2D eigenvalue weighted by Crippen LogP contribution is 2.33. The maximum atomic E-state index is 12.1. The first-order chi connectivity index (χ1) is 12.4. The summed E-state index contributed by atoms with van der Waals surface area (Å²) in [4.78, 5) is 21.6. The molecule has 0 atom stereocenters. The zero-order valence-corrected chi connectivity index (χ0v) is 16.3. The molecule has 136 valence electrons. The van der Waals surface area contributed by atoms with Crippen molar-refractivity contribution in [1.82, 2.24) is 9.97 Å². The molecule has 0 aliphatic carbocycles. The van der Waals surface area contributed by atoms with Crippen LogP contribution in [0.2, 0.25) is 10.0 Å². The summed E-state index contributed by atoms with van der Waals surface area (Å²) in [7, 11) is 0. The first kappa shape index (κ1) is 18.8. The van der Waals surface area contributed by atoms with E-state index in [-0.39, 0.29) is 23.7 Å². The van der Waals surface area contributed by atoms with Gasteiger partial charge in [0, 0.05) is 9.92 Å². The summed E-state index contributed by atoms with van der Waals surface area (Å²) in [6.45, 7) is 3.64. The molecule has 26 heavy (non-hydrogen) atoms. The van der Waals surface area contributed by atoms with Crippen LogP contribution in [0.1, 0.15) is 28.9 Å². The number of aryl methyl sites for hydroxylation is 1. The molecule has 0 amide bonds. The van der Waals surface area contributed by atoms with E-state index in [1.165, 1.54) is 11.8 Å². The van der Waals surface area contributed by atoms with Gasteiger partial charge in [0.2, 0.25) is 5.71 Å². The van der Waals surface area contributed by atoms with Gasteiger partial charge in [0.25, 0.3) is 0 Å². The van der Waals surface area contributed by atoms with Gasteiger partial charge in [-0.3, -0.25) is 0 Å². The van der Waals surface area contributed by atoms with E-state index in [9.17, 15) is 4.79 Å². The Balaban J connectivity index is 1.92. The van der Waals surface area contributed by atoms with E-state index in [2.05, 4.69) is 9.97 Å². The Morgan fingerprint density at radius 2 is 2.12 bits per heavy atom. The van der Waals surface area contributed by atoms with Crippen LogP contribution in [0.5, 0.6) is 0 Å². The monoisotopic (exact) mass is 411 g/mol. The summed E-state index contributed by atoms with van der Waals surface area (Å²) in [6, 6.07) is 5.22. The number of ether oxygens (including phenoxy) is 1. The topological polar surface area (TPSA) is 91.2 Å². The van der Waals surface area contributed by atoms with E-state index < -0.39 is 5.97 Å². The van der Waals surface area contributed by atoms with Crippen molar-refractivity contribution in [2.24, 2.45) is 0 Å². The van der Waals surface area contributed by atoms with Gasteiger partial charge in [-0.25, -0.2) is 9.78 Å². The molecular weight excluding hydrogens is 397 g/mol. The predicted octanol–water partition coefficient (Wildman–Crippen LogP) is 4.89. The van der Waals surface area contributed by atoms with E-state index in [0.717, 1.165) is 4.90 Å². The smallest absolute Gasteiger partial charge is 0.342 e. The molecule has 0 radical (unpaired) electrons. The van der Waals surface area contributed by atoms with Gasteiger partial charge < -0.3 is 14.9 Å². The van der Waals surface area contributed by atoms with Crippen molar-refractivity contribution in [3.63, 3.8) is 0 Å². The zero-order chi connectivity index (χ0) is 18.8. The molecule has 3 rings (SSSR count). The summed E-state index contributed by atoms with van der Waals surface area (Å²) >= 11 is 13.6. The highest BCUT2D eigenvalue weighted by Gasteiger charge is 2.23. The number of benzene rings is 1. The molecule has 0 fully saturated rings. The molecule has 1 aromatic carbocycles. The molecule has 0 aliphatic heterocycles. The number of esters is 1. The second kappa shape index (κ2) is 7.73. The number of nitrogens with zero attached hydrogens (tertiary/aromatic N) is 2. The van der Waals surface area contributed by atoms with Crippen molar-refractivity contribution in [1.29, 1.82) is 0 Å². The summed E-state index contributed by atoms with van der Waals surface area (Å²) in [5, 5.41) is 1.55. The lowest BCUT2D eigenvalue weighted by molar-refractivity contribution is 0.0526. The van der Waals surface area contributed by atoms with Gasteiger partial charge >= 0.3 is 5.97 Å². The molecule has 0 unspecified atom stereocenters. The molecule has 0 saturated heterocycles. The Labute approximate surface area is 164 Å². The maximum absolute atomic E-state index is 12.1. The number of carbonyl (C=O) groups excluding carboxylic acids is 1. The number of aromatic nitrogens is 2. The highest BCUT2D eigenvalue weighted by molar-refractivity contribution is 7.98. The molecule has 0 saturated carbocycles.